The van der Waals surface area contributed by atoms with E-state index in [0.29, 0.717) is 13.1 Å². The summed E-state index contributed by atoms with van der Waals surface area (Å²) in [5, 5.41) is 9.43. The lowest BCUT2D eigenvalue weighted by Crippen LogP contribution is -2.50. The second-order valence-corrected chi connectivity index (χ2v) is 5.18. The van der Waals surface area contributed by atoms with E-state index in [9.17, 15) is 9.90 Å². The zero-order valence-corrected chi connectivity index (χ0v) is 11.7. The third-order valence-corrected chi connectivity index (χ3v) is 3.93. The first-order valence-corrected chi connectivity index (χ1v) is 7.10. The summed E-state index contributed by atoms with van der Waals surface area (Å²) < 4.78 is 0. The number of benzene rings is 2. The Morgan fingerprint density at radius 1 is 0.952 bits per heavy atom. The molecule has 0 radical (unpaired) electrons. The van der Waals surface area contributed by atoms with Crippen LogP contribution in [0.2, 0.25) is 0 Å². The molecule has 4 heteroatoms. The Morgan fingerprint density at radius 2 is 1.57 bits per heavy atom. The van der Waals surface area contributed by atoms with Gasteiger partial charge in [-0.25, -0.2) is 4.79 Å². The second-order valence-electron chi connectivity index (χ2n) is 5.18. The molecule has 0 saturated carbocycles. The molecular formula is C17H18N2O2. The van der Waals surface area contributed by atoms with Crippen LogP contribution in [0.1, 0.15) is 11.6 Å². The van der Waals surface area contributed by atoms with Crippen molar-refractivity contribution in [1.82, 2.24) is 4.90 Å². The SMILES string of the molecule is O=C(O)N1CCN(c2ccccc2)CC1c1ccccc1. The van der Waals surface area contributed by atoms with Gasteiger partial charge < -0.3 is 10.0 Å². The number of carboxylic acid groups (broad SMARTS) is 1. The molecule has 1 heterocycles. The van der Waals surface area contributed by atoms with Gasteiger partial charge >= 0.3 is 6.09 Å². The van der Waals surface area contributed by atoms with E-state index in [0.717, 1.165) is 17.8 Å². The molecule has 0 spiro atoms. The van der Waals surface area contributed by atoms with Crippen LogP contribution in [0, 0.1) is 0 Å². The summed E-state index contributed by atoms with van der Waals surface area (Å²) in [5.41, 5.74) is 2.18. The maximum atomic E-state index is 11.5. The van der Waals surface area contributed by atoms with Crippen LogP contribution >= 0.6 is 0 Å². The van der Waals surface area contributed by atoms with Gasteiger partial charge in [-0.1, -0.05) is 48.5 Å². The molecule has 21 heavy (non-hydrogen) atoms. The molecule has 108 valence electrons. The fourth-order valence-electron chi connectivity index (χ4n) is 2.85. The highest BCUT2D eigenvalue weighted by molar-refractivity contribution is 5.66. The van der Waals surface area contributed by atoms with Gasteiger partial charge in [-0.3, -0.25) is 4.90 Å². The molecule has 0 bridgehead atoms. The van der Waals surface area contributed by atoms with Gasteiger partial charge in [-0.2, -0.15) is 0 Å². The normalized spacial score (nSPS) is 18.6. The lowest BCUT2D eigenvalue weighted by atomic mass is 10.0. The molecule has 3 rings (SSSR count). The molecule has 2 aromatic carbocycles. The molecule has 1 aliphatic heterocycles. The van der Waals surface area contributed by atoms with Gasteiger partial charge in [0.1, 0.15) is 0 Å². The van der Waals surface area contributed by atoms with E-state index < -0.39 is 6.09 Å². The van der Waals surface area contributed by atoms with Crippen LogP contribution in [0.5, 0.6) is 0 Å². The zero-order chi connectivity index (χ0) is 14.7. The summed E-state index contributed by atoms with van der Waals surface area (Å²) in [5.74, 6) is 0. The molecule has 1 aliphatic rings. The third kappa shape index (κ3) is 2.84. The van der Waals surface area contributed by atoms with Gasteiger partial charge in [0.15, 0.2) is 0 Å². The summed E-state index contributed by atoms with van der Waals surface area (Å²) in [4.78, 5) is 15.3. The third-order valence-electron chi connectivity index (χ3n) is 3.93. The average Bonchev–Trinajstić information content (AvgIpc) is 2.56. The van der Waals surface area contributed by atoms with E-state index in [2.05, 4.69) is 17.0 Å². The highest BCUT2D eigenvalue weighted by Gasteiger charge is 2.31. The van der Waals surface area contributed by atoms with Crippen molar-refractivity contribution < 1.29 is 9.90 Å². The maximum Gasteiger partial charge on any atom is 0.407 e. The van der Waals surface area contributed by atoms with Crippen LogP contribution < -0.4 is 4.90 Å². The van der Waals surface area contributed by atoms with Crippen LogP contribution in [-0.2, 0) is 0 Å². The van der Waals surface area contributed by atoms with Crippen LogP contribution in [-0.4, -0.2) is 35.7 Å². The molecule has 1 atom stereocenters. The smallest absolute Gasteiger partial charge is 0.407 e. The molecular weight excluding hydrogens is 264 g/mol. The van der Waals surface area contributed by atoms with Gasteiger partial charge in [0.25, 0.3) is 0 Å². The predicted molar refractivity (Wildman–Crippen MR) is 82.6 cm³/mol. The summed E-state index contributed by atoms with van der Waals surface area (Å²) in [6, 6.07) is 19.9. The Hall–Kier alpha value is -2.49. The molecule has 0 aromatic heterocycles. The standard InChI is InChI=1S/C17H18N2O2/c20-17(21)19-12-11-18(15-9-5-2-6-10-15)13-16(19)14-7-3-1-4-8-14/h1-10,16H,11-13H2,(H,20,21). The molecule has 4 nitrogen and oxygen atoms in total. The number of para-hydroxylation sites is 1. The van der Waals surface area contributed by atoms with Crippen molar-refractivity contribution in [2.75, 3.05) is 24.5 Å². The Labute approximate surface area is 124 Å². The van der Waals surface area contributed by atoms with Crippen LogP contribution in [0.3, 0.4) is 0 Å². The van der Waals surface area contributed by atoms with Gasteiger partial charge in [0.2, 0.25) is 0 Å². The lowest BCUT2D eigenvalue weighted by molar-refractivity contribution is 0.118. The van der Waals surface area contributed by atoms with E-state index >= 15 is 0 Å². The highest BCUT2D eigenvalue weighted by Crippen LogP contribution is 2.28. The molecule has 1 N–H and O–H groups in total. The first-order chi connectivity index (χ1) is 10.3. The minimum atomic E-state index is -0.850. The largest absolute Gasteiger partial charge is 0.465 e. The number of anilines is 1. The Morgan fingerprint density at radius 3 is 2.19 bits per heavy atom. The molecule has 1 fully saturated rings. The van der Waals surface area contributed by atoms with Gasteiger partial charge in [-0.15, -0.1) is 0 Å². The highest BCUT2D eigenvalue weighted by atomic mass is 16.4. The second kappa shape index (κ2) is 5.87. The Balaban J connectivity index is 1.87. The van der Waals surface area contributed by atoms with Crippen molar-refractivity contribution in [3.8, 4) is 0 Å². The maximum absolute atomic E-state index is 11.5. The molecule has 2 aromatic rings. The number of hydrogen-bond acceptors (Lipinski definition) is 2. The number of amides is 1. The van der Waals surface area contributed by atoms with E-state index in [4.69, 9.17) is 0 Å². The minimum absolute atomic E-state index is 0.127. The van der Waals surface area contributed by atoms with Crippen molar-refractivity contribution in [3.63, 3.8) is 0 Å². The van der Waals surface area contributed by atoms with Crippen LogP contribution in [0.25, 0.3) is 0 Å². The zero-order valence-electron chi connectivity index (χ0n) is 11.7. The molecule has 0 aliphatic carbocycles. The monoisotopic (exact) mass is 282 g/mol. The quantitative estimate of drug-likeness (QED) is 0.919. The minimum Gasteiger partial charge on any atom is -0.465 e. The number of piperazine rings is 1. The van der Waals surface area contributed by atoms with Crippen molar-refractivity contribution >= 4 is 11.8 Å². The van der Waals surface area contributed by atoms with Crippen molar-refractivity contribution in [1.29, 1.82) is 0 Å². The first-order valence-electron chi connectivity index (χ1n) is 7.10. The van der Waals surface area contributed by atoms with Crippen LogP contribution in [0.15, 0.2) is 60.7 Å². The van der Waals surface area contributed by atoms with Gasteiger partial charge in [0, 0.05) is 25.3 Å². The van der Waals surface area contributed by atoms with Gasteiger partial charge in [0.05, 0.1) is 6.04 Å². The Kier molecular flexibility index (Phi) is 3.77. The number of rotatable bonds is 2. The van der Waals surface area contributed by atoms with Crippen molar-refractivity contribution in [3.05, 3.63) is 66.2 Å². The van der Waals surface area contributed by atoms with E-state index in [1.54, 1.807) is 0 Å². The number of hydrogen-bond donors (Lipinski definition) is 1. The summed E-state index contributed by atoms with van der Waals surface area (Å²) in [6.07, 6.45) is -0.850. The summed E-state index contributed by atoms with van der Waals surface area (Å²) >= 11 is 0. The molecule has 1 saturated heterocycles. The Bertz CT molecular complexity index is 601. The predicted octanol–water partition coefficient (Wildman–Crippen LogP) is 3.23. The summed E-state index contributed by atoms with van der Waals surface area (Å²) in [6.45, 7) is 1.92. The lowest BCUT2D eigenvalue weighted by Gasteiger charge is -2.41. The first kappa shape index (κ1) is 13.5. The number of carbonyl (C=O) groups is 1. The fourth-order valence-corrected chi connectivity index (χ4v) is 2.85. The number of nitrogens with zero attached hydrogens (tertiary/aromatic N) is 2. The molecule has 1 amide bonds. The van der Waals surface area contributed by atoms with Crippen molar-refractivity contribution in [2.24, 2.45) is 0 Å². The topological polar surface area (TPSA) is 43.8 Å². The van der Waals surface area contributed by atoms with E-state index in [1.807, 2.05) is 48.5 Å². The van der Waals surface area contributed by atoms with E-state index in [-0.39, 0.29) is 6.04 Å². The van der Waals surface area contributed by atoms with Gasteiger partial charge in [-0.05, 0) is 17.7 Å². The van der Waals surface area contributed by atoms with Crippen LogP contribution in [0.4, 0.5) is 10.5 Å². The summed E-state index contributed by atoms with van der Waals surface area (Å²) in [7, 11) is 0. The average molecular weight is 282 g/mol. The molecule has 1 unspecified atom stereocenters. The van der Waals surface area contributed by atoms with E-state index in [1.165, 1.54) is 4.90 Å². The van der Waals surface area contributed by atoms with Crippen molar-refractivity contribution in [2.45, 2.75) is 6.04 Å². The fraction of sp³-hybridized carbons (Fsp3) is 0.235.